The SMILES string of the molecule is COc1ccc(-c2nnc(N)o2)cc1Cl. The van der Waals surface area contributed by atoms with Crippen molar-refractivity contribution in [3.63, 3.8) is 0 Å². The molecule has 0 atom stereocenters. The second-order valence-electron chi connectivity index (χ2n) is 2.79. The average molecular weight is 226 g/mol. The van der Waals surface area contributed by atoms with Gasteiger partial charge in [-0.3, -0.25) is 0 Å². The van der Waals surface area contributed by atoms with Crippen molar-refractivity contribution in [1.29, 1.82) is 0 Å². The Kier molecular flexibility index (Phi) is 2.47. The first-order valence-electron chi connectivity index (χ1n) is 4.13. The number of benzene rings is 1. The normalized spacial score (nSPS) is 10.3. The molecule has 2 N–H and O–H groups in total. The van der Waals surface area contributed by atoms with E-state index in [2.05, 4.69) is 10.2 Å². The number of nitrogen functional groups attached to an aromatic ring is 1. The van der Waals surface area contributed by atoms with Crippen molar-refractivity contribution in [3.8, 4) is 17.2 Å². The van der Waals surface area contributed by atoms with Crippen LogP contribution in [0.2, 0.25) is 5.02 Å². The van der Waals surface area contributed by atoms with E-state index in [-0.39, 0.29) is 6.01 Å². The van der Waals surface area contributed by atoms with Crippen molar-refractivity contribution in [2.45, 2.75) is 0 Å². The summed E-state index contributed by atoms with van der Waals surface area (Å²) in [5.41, 5.74) is 6.01. The van der Waals surface area contributed by atoms with Crippen molar-refractivity contribution < 1.29 is 9.15 Å². The lowest BCUT2D eigenvalue weighted by molar-refractivity contribution is 0.415. The van der Waals surface area contributed by atoms with Crippen LogP contribution in [-0.4, -0.2) is 17.3 Å². The number of nitrogens with zero attached hydrogens (tertiary/aromatic N) is 2. The number of methoxy groups -OCH3 is 1. The van der Waals surface area contributed by atoms with Gasteiger partial charge in [0, 0.05) is 5.56 Å². The Balaban J connectivity index is 2.42. The van der Waals surface area contributed by atoms with Crippen LogP contribution in [0.25, 0.3) is 11.5 Å². The highest BCUT2D eigenvalue weighted by atomic mass is 35.5. The first kappa shape index (κ1) is 9.79. The molecule has 2 rings (SSSR count). The van der Waals surface area contributed by atoms with Crippen molar-refractivity contribution in [2.24, 2.45) is 0 Å². The Morgan fingerprint density at radius 1 is 1.40 bits per heavy atom. The average Bonchev–Trinajstić information content (AvgIpc) is 2.65. The predicted molar refractivity (Wildman–Crippen MR) is 55.7 cm³/mol. The van der Waals surface area contributed by atoms with Crippen molar-refractivity contribution in [3.05, 3.63) is 23.2 Å². The summed E-state index contributed by atoms with van der Waals surface area (Å²) in [4.78, 5) is 0. The maximum Gasteiger partial charge on any atom is 0.313 e. The summed E-state index contributed by atoms with van der Waals surface area (Å²) in [6.45, 7) is 0. The number of aromatic nitrogens is 2. The van der Waals surface area contributed by atoms with Crippen LogP contribution in [0.1, 0.15) is 0 Å². The number of rotatable bonds is 2. The molecule has 2 aromatic rings. The van der Waals surface area contributed by atoms with Gasteiger partial charge >= 0.3 is 6.01 Å². The lowest BCUT2D eigenvalue weighted by Gasteiger charge is -2.02. The molecule has 15 heavy (non-hydrogen) atoms. The van der Waals surface area contributed by atoms with Crippen LogP contribution in [0, 0.1) is 0 Å². The molecule has 6 heteroatoms. The number of anilines is 1. The molecule has 0 aliphatic heterocycles. The lowest BCUT2D eigenvalue weighted by atomic mass is 10.2. The first-order valence-corrected chi connectivity index (χ1v) is 4.51. The van der Waals surface area contributed by atoms with Crippen LogP contribution in [0.4, 0.5) is 6.01 Å². The molecule has 0 radical (unpaired) electrons. The molecule has 1 aromatic carbocycles. The summed E-state index contributed by atoms with van der Waals surface area (Å²) in [5.74, 6) is 0.921. The number of halogens is 1. The fourth-order valence-electron chi connectivity index (χ4n) is 1.15. The second-order valence-corrected chi connectivity index (χ2v) is 3.20. The molecule has 0 amide bonds. The predicted octanol–water partition coefficient (Wildman–Crippen LogP) is 1.98. The smallest absolute Gasteiger partial charge is 0.313 e. The minimum atomic E-state index is 0.0249. The topological polar surface area (TPSA) is 74.2 Å². The van der Waals surface area contributed by atoms with Gasteiger partial charge in [0.2, 0.25) is 5.89 Å². The van der Waals surface area contributed by atoms with Crippen molar-refractivity contribution in [2.75, 3.05) is 12.8 Å². The number of hydrogen-bond donors (Lipinski definition) is 1. The molecule has 1 aromatic heterocycles. The van der Waals surface area contributed by atoms with E-state index in [1.54, 1.807) is 25.3 Å². The van der Waals surface area contributed by atoms with E-state index >= 15 is 0 Å². The van der Waals surface area contributed by atoms with Crippen LogP contribution in [0.3, 0.4) is 0 Å². The quantitative estimate of drug-likeness (QED) is 0.846. The maximum absolute atomic E-state index is 5.94. The minimum absolute atomic E-state index is 0.0249. The van der Waals surface area contributed by atoms with Gasteiger partial charge in [0.05, 0.1) is 12.1 Å². The summed E-state index contributed by atoms with van der Waals surface area (Å²) in [7, 11) is 1.55. The van der Waals surface area contributed by atoms with Crippen molar-refractivity contribution >= 4 is 17.6 Å². The van der Waals surface area contributed by atoms with E-state index in [1.165, 1.54) is 0 Å². The van der Waals surface area contributed by atoms with E-state index in [1.807, 2.05) is 0 Å². The van der Waals surface area contributed by atoms with Crippen molar-refractivity contribution in [1.82, 2.24) is 10.2 Å². The maximum atomic E-state index is 5.94. The Morgan fingerprint density at radius 2 is 2.20 bits per heavy atom. The Labute approximate surface area is 90.8 Å². The third kappa shape index (κ3) is 1.87. The van der Waals surface area contributed by atoms with Gasteiger partial charge in [0.1, 0.15) is 5.75 Å². The van der Waals surface area contributed by atoms with Crippen LogP contribution in [-0.2, 0) is 0 Å². The zero-order chi connectivity index (χ0) is 10.8. The Morgan fingerprint density at radius 3 is 2.73 bits per heavy atom. The van der Waals surface area contributed by atoms with E-state index in [9.17, 15) is 0 Å². The summed E-state index contributed by atoms with van der Waals surface area (Å²) in [5, 5.41) is 7.77. The molecule has 0 fully saturated rings. The summed E-state index contributed by atoms with van der Waals surface area (Å²) >= 11 is 5.94. The van der Waals surface area contributed by atoms with Crippen LogP contribution >= 0.6 is 11.6 Å². The molecule has 0 spiro atoms. The molecule has 5 nitrogen and oxygen atoms in total. The van der Waals surface area contributed by atoms with Gasteiger partial charge in [-0.2, -0.15) is 0 Å². The highest BCUT2D eigenvalue weighted by Gasteiger charge is 2.08. The summed E-state index contributed by atoms with van der Waals surface area (Å²) in [6, 6.07) is 5.18. The molecule has 0 bridgehead atoms. The highest BCUT2D eigenvalue weighted by Crippen LogP contribution is 2.29. The fourth-order valence-corrected chi connectivity index (χ4v) is 1.41. The molecule has 0 aliphatic rings. The Hall–Kier alpha value is -1.75. The van der Waals surface area contributed by atoms with E-state index in [0.717, 1.165) is 0 Å². The molecular formula is C9H8ClN3O2. The first-order chi connectivity index (χ1) is 7.20. The van der Waals surface area contributed by atoms with Crippen LogP contribution in [0.5, 0.6) is 5.75 Å². The zero-order valence-corrected chi connectivity index (χ0v) is 8.65. The minimum Gasteiger partial charge on any atom is -0.495 e. The Bertz CT molecular complexity index is 484. The summed E-state index contributed by atoms with van der Waals surface area (Å²) < 4.78 is 10.1. The van der Waals surface area contributed by atoms with Gasteiger partial charge in [0.15, 0.2) is 0 Å². The highest BCUT2D eigenvalue weighted by molar-refractivity contribution is 6.32. The molecule has 78 valence electrons. The van der Waals surface area contributed by atoms with Gasteiger partial charge in [-0.25, -0.2) is 0 Å². The second kappa shape index (κ2) is 3.78. The van der Waals surface area contributed by atoms with E-state index in [0.29, 0.717) is 22.2 Å². The monoisotopic (exact) mass is 225 g/mol. The van der Waals surface area contributed by atoms with Gasteiger partial charge in [-0.15, -0.1) is 5.10 Å². The molecule has 0 unspecified atom stereocenters. The standard InChI is InChI=1S/C9H8ClN3O2/c1-14-7-3-2-5(4-6(7)10)8-12-13-9(11)15-8/h2-4H,1H3,(H2,11,13). The van der Waals surface area contributed by atoms with E-state index in [4.69, 9.17) is 26.5 Å². The molecular weight excluding hydrogens is 218 g/mol. The van der Waals surface area contributed by atoms with Crippen LogP contribution in [0.15, 0.2) is 22.6 Å². The third-order valence-corrected chi connectivity index (χ3v) is 2.13. The number of hydrogen-bond acceptors (Lipinski definition) is 5. The molecule has 0 aliphatic carbocycles. The van der Waals surface area contributed by atoms with Gasteiger partial charge < -0.3 is 14.9 Å². The molecule has 0 saturated carbocycles. The number of nitrogens with two attached hydrogens (primary N) is 1. The fraction of sp³-hybridized carbons (Fsp3) is 0.111. The van der Waals surface area contributed by atoms with Gasteiger partial charge in [-0.1, -0.05) is 16.7 Å². The lowest BCUT2D eigenvalue weighted by Crippen LogP contribution is -1.85. The zero-order valence-electron chi connectivity index (χ0n) is 7.90. The molecule has 1 heterocycles. The van der Waals surface area contributed by atoms with E-state index < -0.39 is 0 Å². The van der Waals surface area contributed by atoms with Gasteiger partial charge in [0.25, 0.3) is 0 Å². The van der Waals surface area contributed by atoms with Gasteiger partial charge in [-0.05, 0) is 18.2 Å². The largest absolute Gasteiger partial charge is 0.495 e. The third-order valence-electron chi connectivity index (χ3n) is 1.84. The summed E-state index contributed by atoms with van der Waals surface area (Å²) in [6.07, 6.45) is 0. The molecule has 0 saturated heterocycles. The number of ether oxygens (including phenoxy) is 1. The van der Waals surface area contributed by atoms with Crippen LogP contribution < -0.4 is 10.5 Å².